The maximum Gasteiger partial charge on any atom is 0.325 e. The molecule has 2 aliphatic heterocycles. The molecule has 0 aromatic heterocycles. The number of nitrogens with one attached hydrogen (secondary N) is 2. The van der Waals surface area contributed by atoms with Gasteiger partial charge in [-0.3, -0.25) is 19.4 Å². The van der Waals surface area contributed by atoms with Crippen molar-refractivity contribution in [2.24, 2.45) is 0 Å². The molecule has 3 fully saturated rings. The monoisotopic (exact) mass is 398 g/mol. The van der Waals surface area contributed by atoms with Crippen LogP contribution in [0, 0.1) is 0 Å². The molecule has 0 bridgehead atoms. The highest BCUT2D eigenvalue weighted by molar-refractivity contribution is 6.07. The topological polar surface area (TPSA) is 81.8 Å². The molecule has 3 aliphatic rings. The zero-order valence-electron chi connectivity index (χ0n) is 16.9. The molecule has 1 aromatic carbocycles. The van der Waals surface area contributed by atoms with Crippen LogP contribution in [0.3, 0.4) is 0 Å². The zero-order chi connectivity index (χ0) is 20.3. The summed E-state index contributed by atoms with van der Waals surface area (Å²) >= 11 is 0. The predicted octanol–water partition coefficient (Wildman–Crippen LogP) is 2.15. The van der Waals surface area contributed by atoms with Crippen molar-refractivity contribution < 1.29 is 14.4 Å². The van der Waals surface area contributed by atoms with Crippen LogP contribution in [0.2, 0.25) is 0 Å². The Morgan fingerprint density at radius 3 is 2.34 bits per heavy atom. The van der Waals surface area contributed by atoms with E-state index in [1.807, 2.05) is 12.1 Å². The Labute approximate surface area is 171 Å². The van der Waals surface area contributed by atoms with Crippen molar-refractivity contribution in [3.63, 3.8) is 0 Å². The second kappa shape index (κ2) is 8.53. The lowest BCUT2D eigenvalue weighted by Crippen LogP contribution is -2.44. The third kappa shape index (κ3) is 4.45. The smallest absolute Gasteiger partial charge is 0.325 e. The lowest BCUT2D eigenvalue weighted by molar-refractivity contribution is -0.131. The van der Waals surface area contributed by atoms with Crippen LogP contribution in [-0.2, 0) is 22.7 Å². The van der Waals surface area contributed by atoms with Crippen molar-refractivity contribution >= 4 is 17.8 Å². The zero-order valence-corrected chi connectivity index (χ0v) is 16.9. The Hall–Kier alpha value is -2.41. The van der Waals surface area contributed by atoms with Crippen LogP contribution in [0.25, 0.3) is 0 Å². The third-order valence-corrected chi connectivity index (χ3v) is 6.38. The average molecular weight is 399 g/mol. The van der Waals surface area contributed by atoms with Crippen LogP contribution in [0.1, 0.15) is 56.1 Å². The van der Waals surface area contributed by atoms with Crippen LogP contribution in [-0.4, -0.2) is 52.8 Å². The molecule has 2 N–H and O–H groups in total. The highest BCUT2D eigenvalue weighted by Gasteiger charge is 2.52. The Kier molecular flexibility index (Phi) is 5.85. The van der Waals surface area contributed by atoms with Gasteiger partial charge in [-0.15, -0.1) is 0 Å². The van der Waals surface area contributed by atoms with Crippen molar-refractivity contribution in [2.45, 2.75) is 63.6 Å². The predicted molar refractivity (Wildman–Crippen MR) is 109 cm³/mol. The van der Waals surface area contributed by atoms with E-state index in [4.69, 9.17) is 0 Å². The maximum absolute atomic E-state index is 12.6. The summed E-state index contributed by atoms with van der Waals surface area (Å²) < 4.78 is 0. The fourth-order valence-corrected chi connectivity index (χ4v) is 4.66. The fraction of sp³-hybridized carbons (Fsp3) is 0.591. The number of hydrogen-bond donors (Lipinski definition) is 2. The van der Waals surface area contributed by atoms with E-state index in [1.165, 1.54) is 36.4 Å². The summed E-state index contributed by atoms with van der Waals surface area (Å²) in [5, 5.41) is 5.73. The Morgan fingerprint density at radius 2 is 1.66 bits per heavy atom. The van der Waals surface area contributed by atoms with Gasteiger partial charge < -0.3 is 10.6 Å². The Morgan fingerprint density at radius 1 is 1.00 bits per heavy atom. The number of nitrogens with zero attached hydrogens (tertiary/aromatic N) is 2. The van der Waals surface area contributed by atoms with E-state index in [1.54, 1.807) is 0 Å². The molecule has 7 heteroatoms. The Balaban J connectivity index is 1.21. The highest BCUT2D eigenvalue weighted by Crippen LogP contribution is 2.35. The second-order valence-electron chi connectivity index (χ2n) is 8.50. The van der Waals surface area contributed by atoms with Crippen LogP contribution in [0.5, 0.6) is 0 Å². The average Bonchev–Trinajstić information content (AvgIpc) is 3.44. The van der Waals surface area contributed by atoms with Crippen LogP contribution < -0.4 is 10.6 Å². The summed E-state index contributed by atoms with van der Waals surface area (Å²) in [6.45, 7) is 3.92. The van der Waals surface area contributed by atoms with E-state index in [2.05, 4.69) is 27.7 Å². The van der Waals surface area contributed by atoms with Gasteiger partial charge in [0.15, 0.2) is 0 Å². The van der Waals surface area contributed by atoms with Crippen LogP contribution in [0.4, 0.5) is 4.79 Å². The van der Waals surface area contributed by atoms with Gasteiger partial charge in [0.25, 0.3) is 5.91 Å². The van der Waals surface area contributed by atoms with E-state index in [-0.39, 0.29) is 30.8 Å². The van der Waals surface area contributed by atoms with Gasteiger partial charge in [0.1, 0.15) is 5.54 Å². The third-order valence-electron chi connectivity index (χ3n) is 6.38. The summed E-state index contributed by atoms with van der Waals surface area (Å²) in [4.78, 5) is 40.6. The molecule has 1 spiro atoms. The van der Waals surface area contributed by atoms with E-state index < -0.39 is 5.54 Å². The van der Waals surface area contributed by atoms with Crippen molar-refractivity contribution in [1.82, 2.24) is 20.4 Å². The van der Waals surface area contributed by atoms with E-state index in [0.717, 1.165) is 24.9 Å². The first kappa shape index (κ1) is 19.9. The number of benzene rings is 1. The number of amides is 4. The molecule has 0 radical (unpaired) electrons. The highest BCUT2D eigenvalue weighted by atomic mass is 16.2. The van der Waals surface area contributed by atoms with Gasteiger partial charge in [0.2, 0.25) is 5.91 Å². The minimum atomic E-state index is -0.704. The number of likely N-dealkylation sites (tertiary alicyclic amines) is 1. The van der Waals surface area contributed by atoms with Gasteiger partial charge in [0.05, 0.1) is 0 Å². The summed E-state index contributed by atoms with van der Waals surface area (Å²) in [6, 6.07) is 7.97. The summed E-state index contributed by atoms with van der Waals surface area (Å²) in [7, 11) is 0. The minimum Gasteiger partial charge on any atom is -0.352 e. The molecule has 7 nitrogen and oxygen atoms in total. The number of imide groups is 1. The molecule has 1 saturated carbocycles. The number of hydrogen-bond acceptors (Lipinski definition) is 4. The SMILES string of the molecule is O=C(CCN1C(=O)NC2(CCCC2)C1=O)NCc1ccc(CN2CCCC2)cc1. The van der Waals surface area contributed by atoms with Gasteiger partial charge in [-0.25, -0.2) is 4.79 Å². The van der Waals surface area contributed by atoms with Gasteiger partial charge in [-0.2, -0.15) is 0 Å². The summed E-state index contributed by atoms with van der Waals surface area (Å²) in [5.74, 6) is -0.319. The molecule has 0 unspecified atom stereocenters. The molecule has 1 aromatic rings. The molecule has 2 heterocycles. The van der Waals surface area contributed by atoms with Crippen LogP contribution >= 0.6 is 0 Å². The number of urea groups is 1. The van der Waals surface area contributed by atoms with E-state index in [9.17, 15) is 14.4 Å². The van der Waals surface area contributed by atoms with E-state index >= 15 is 0 Å². The molecule has 1 aliphatic carbocycles. The van der Waals surface area contributed by atoms with Crippen LogP contribution in [0.15, 0.2) is 24.3 Å². The quantitative estimate of drug-likeness (QED) is 0.690. The van der Waals surface area contributed by atoms with Gasteiger partial charge in [0, 0.05) is 26.1 Å². The number of carbonyl (C=O) groups excluding carboxylic acids is 3. The fourth-order valence-electron chi connectivity index (χ4n) is 4.66. The maximum atomic E-state index is 12.6. The van der Waals surface area contributed by atoms with Gasteiger partial charge >= 0.3 is 6.03 Å². The second-order valence-corrected chi connectivity index (χ2v) is 8.50. The molecule has 4 rings (SSSR count). The first-order valence-corrected chi connectivity index (χ1v) is 10.8. The molecule has 29 heavy (non-hydrogen) atoms. The lowest BCUT2D eigenvalue weighted by atomic mass is 9.98. The number of carbonyl (C=O) groups is 3. The lowest BCUT2D eigenvalue weighted by Gasteiger charge is -2.19. The van der Waals surface area contributed by atoms with Crippen molar-refractivity contribution in [3.05, 3.63) is 35.4 Å². The molecular formula is C22H30N4O3. The minimum absolute atomic E-state index is 0.127. The van der Waals surface area contributed by atoms with Crippen molar-refractivity contribution in [2.75, 3.05) is 19.6 Å². The standard InChI is InChI=1S/C22H30N4O3/c27-19(9-14-26-20(28)22(24-21(26)29)10-1-2-11-22)23-15-17-5-7-18(8-6-17)16-25-12-3-4-13-25/h5-8H,1-4,9-16H2,(H,23,27)(H,24,29). The first-order valence-electron chi connectivity index (χ1n) is 10.8. The molecule has 2 saturated heterocycles. The van der Waals surface area contributed by atoms with Crippen molar-refractivity contribution in [1.29, 1.82) is 0 Å². The number of rotatable bonds is 7. The van der Waals surface area contributed by atoms with Crippen molar-refractivity contribution in [3.8, 4) is 0 Å². The van der Waals surface area contributed by atoms with E-state index in [0.29, 0.717) is 19.4 Å². The molecule has 0 atom stereocenters. The molecular weight excluding hydrogens is 368 g/mol. The largest absolute Gasteiger partial charge is 0.352 e. The van der Waals surface area contributed by atoms with Gasteiger partial charge in [-0.05, 0) is 49.9 Å². The normalized spacial score (nSPS) is 21.2. The molecule has 4 amide bonds. The summed E-state index contributed by atoms with van der Waals surface area (Å²) in [5.41, 5.74) is 1.63. The Bertz CT molecular complexity index is 765. The van der Waals surface area contributed by atoms with Gasteiger partial charge in [-0.1, -0.05) is 37.1 Å². The first-order chi connectivity index (χ1) is 14.1. The molecule has 156 valence electrons. The summed E-state index contributed by atoms with van der Waals surface area (Å²) in [6.07, 6.45) is 6.02.